The molecule has 0 saturated heterocycles. The predicted molar refractivity (Wildman–Crippen MR) is 96.4 cm³/mol. The van der Waals surface area contributed by atoms with Crippen LogP contribution in [0.1, 0.15) is 16.5 Å². The summed E-state index contributed by atoms with van der Waals surface area (Å²) in [7, 11) is 0. The lowest BCUT2D eigenvalue weighted by Crippen LogP contribution is -2.07. The lowest BCUT2D eigenvalue weighted by atomic mass is 10.2. The van der Waals surface area contributed by atoms with E-state index in [4.69, 9.17) is 16.3 Å². The third kappa shape index (κ3) is 3.17. The van der Waals surface area contributed by atoms with E-state index in [9.17, 15) is 8.78 Å². The molecule has 4 rings (SSSR count). The van der Waals surface area contributed by atoms with Crippen LogP contribution in [0.2, 0.25) is 5.02 Å². The second-order valence-electron chi connectivity index (χ2n) is 5.57. The minimum atomic E-state index is -0.674. The van der Waals surface area contributed by atoms with Gasteiger partial charge in [0.1, 0.15) is 29.8 Å². The van der Waals surface area contributed by atoms with Gasteiger partial charge in [-0.3, -0.25) is 0 Å². The number of thiophene rings is 1. The number of rotatable bonds is 3. The van der Waals surface area contributed by atoms with Gasteiger partial charge in [-0.15, -0.1) is 11.3 Å². The Labute approximate surface area is 152 Å². The Balaban J connectivity index is 1.62. The topological polar surface area (TPSA) is 21.6 Å². The van der Waals surface area contributed by atoms with Gasteiger partial charge in [-0.2, -0.15) is 0 Å². The molecule has 0 amide bonds. The monoisotopic (exact) mass is 375 g/mol. The van der Waals surface area contributed by atoms with Gasteiger partial charge < -0.3 is 4.74 Å². The van der Waals surface area contributed by atoms with Gasteiger partial charge in [0.05, 0.1) is 0 Å². The van der Waals surface area contributed by atoms with E-state index >= 15 is 0 Å². The molecule has 2 aromatic carbocycles. The minimum Gasteiger partial charge on any atom is -0.475 e. The van der Waals surface area contributed by atoms with Crippen molar-refractivity contribution in [1.82, 2.24) is 0 Å². The van der Waals surface area contributed by atoms with Gasteiger partial charge >= 0.3 is 0 Å². The van der Waals surface area contributed by atoms with E-state index in [0.29, 0.717) is 5.02 Å². The highest BCUT2D eigenvalue weighted by molar-refractivity contribution is 7.15. The second kappa shape index (κ2) is 6.58. The number of benzene rings is 2. The number of hydrogen-bond acceptors (Lipinski definition) is 3. The van der Waals surface area contributed by atoms with Crippen molar-refractivity contribution in [3.8, 4) is 10.4 Å². The summed E-state index contributed by atoms with van der Waals surface area (Å²) in [5.41, 5.74) is 0.850. The van der Waals surface area contributed by atoms with E-state index in [0.717, 1.165) is 15.3 Å². The van der Waals surface area contributed by atoms with Crippen LogP contribution in [0.25, 0.3) is 10.4 Å². The van der Waals surface area contributed by atoms with Crippen molar-refractivity contribution in [3.05, 3.63) is 81.7 Å². The molecule has 1 unspecified atom stereocenters. The molecular weight excluding hydrogens is 364 g/mol. The Bertz CT molecular complexity index is 932. The number of ether oxygens (including phenoxy) is 1. The summed E-state index contributed by atoms with van der Waals surface area (Å²) in [5.74, 6) is -1.33. The van der Waals surface area contributed by atoms with Crippen LogP contribution in [0.4, 0.5) is 8.78 Å². The molecule has 0 N–H and O–H groups in total. The van der Waals surface area contributed by atoms with Gasteiger partial charge in [-0.25, -0.2) is 13.8 Å². The van der Waals surface area contributed by atoms with Crippen LogP contribution in [0.3, 0.4) is 0 Å². The molecule has 1 aliphatic heterocycles. The van der Waals surface area contributed by atoms with Gasteiger partial charge in [0.15, 0.2) is 0 Å². The molecule has 1 aliphatic rings. The van der Waals surface area contributed by atoms with Crippen LogP contribution in [0.5, 0.6) is 0 Å². The summed E-state index contributed by atoms with van der Waals surface area (Å²) < 4.78 is 33.2. The summed E-state index contributed by atoms with van der Waals surface area (Å²) in [5, 5.41) is 0.686. The highest BCUT2D eigenvalue weighted by Crippen LogP contribution is 2.36. The SMILES string of the molecule is Fc1cccc(F)c1C1=NC(c2ccc(-c3ccc(Cl)cc3)s2)CO1. The molecule has 1 atom stereocenters. The maximum Gasteiger partial charge on any atom is 0.222 e. The molecule has 1 aromatic heterocycles. The average Bonchev–Trinajstić information content (AvgIpc) is 3.24. The first kappa shape index (κ1) is 16.2. The number of aliphatic imine (C=N–C) groups is 1. The van der Waals surface area contributed by atoms with Crippen LogP contribution in [0, 0.1) is 11.6 Å². The summed E-state index contributed by atoms with van der Waals surface area (Å²) in [6, 6.07) is 15.0. The Morgan fingerprint density at radius 3 is 2.44 bits per heavy atom. The standard InChI is InChI=1S/C19H12ClF2NOS/c20-12-6-4-11(5-7-12)16-8-9-17(25-16)15-10-24-19(23-15)18-13(21)2-1-3-14(18)22/h1-9,15H,10H2. The lowest BCUT2D eigenvalue weighted by Gasteiger charge is -2.03. The number of hydrogen-bond donors (Lipinski definition) is 0. The zero-order chi connectivity index (χ0) is 17.4. The van der Waals surface area contributed by atoms with Crippen molar-refractivity contribution < 1.29 is 13.5 Å². The third-order valence-electron chi connectivity index (χ3n) is 3.91. The zero-order valence-corrected chi connectivity index (χ0v) is 14.5. The van der Waals surface area contributed by atoms with Crippen LogP contribution in [-0.2, 0) is 4.74 Å². The second-order valence-corrected chi connectivity index (χ2v) is 7.12. The number of nitrogens with zero attached hydrogens (tertiary/aromatic N) is 1. The molecule has 3 aromatic rings. The van der Waals surface area contributed by atoms with E-state index < -0.39 is 11.6 Å². The summed E-state index contributed by atoms with van der Waals surface area (Å²) in [6.45, 7) is 0.268. The minimum absolute atomic E-state index is 0.0158. The summed E-state index contributed by atoms with van der Waals surface area (Å²) >= 11 is 7.49. The van der Waals surface area contributed by atoms with Gasteiger partial charge in [-0.1, -0.05) is 29.8 Å². The summed E-state index contributed by atoms with van der Waals surface area (Å²) in [4.78, 5) is 6.43. The molecule has 126 valence electrons. The van der Waals surface area contributed by atoms with E-state index in [1.54, 1.807) is 11.3 Å². The molecule has 0 bridgehead atoms. The Kier molecular flexibility index (Phi) is 4.27. The Morgan fingerprint density at radius 1 is 1.00 bits per heavy atom. The Morgan fingerprint density at radius 2 is 1.72 bits per heavy atom. The third-order valence-corrected chi connectivity index (χ3v) is 5.40. The zero-order valence-electron chi connectivity index (χ0n) is 12.9. The number of halogens is 3. The maximum absolute atomic E-state index is 13.9. The fourth-order valence-electron chi connectivity index (χ4n) is 2.66. The molecule has 6 heteroatoms. The van der Waals surface area contributed by atoms with Crippen molar-refractivity contribution >= 4 is 28.8 Å². The molecule has 0 radical (unpaired) electrons. The van der Waals surface area contributed by atoms with Crippen molar-refractivity contribution in [1.29, 1.82) is 0 Å². The van der Waals surface area contributed by atoms with Crippen molar-refractivity contribution in [2.24, 2.45) is 4.99 Å². The molecular formula is C19H12ClF2NOS. The molecule has 0 fully saturated rings. The van der Waals surface area contributed by atoms with Crippen molar-refractivity contribution in [2.75, 3.05) is 6.61 Å². The highest BCUT2D eigenvalue weighted by Gasteiger charge is 2.27. The van der Waals surface area contributed by atoms with Gasteiger partial charge in [-0.05, 0) is 42.0 Å². The van der Waals surface area contributed by atoms with Crippen LogP contribution in [0.15, 0.2) is 59.6 Å². The van der Waals surface area contributed by atoms with Crippen molar-refractivity contribution in [3.63, 3.8) is 0 Å². The predicted octanol–water partition coefficient (Wildman–Crippen LogP) is 5.86. The van der Waals surface area contributed by atoms with Crippen LogP contribution in [-0.4, -0.2) is 12.5 Å². The van der Waals surface area contributed by atoms with Crippen molar-refractivity contribution in [2.45, 2.75) is 6.04 Å². The fourth-order valence-corrected chi connectivity index (χ4v) is 3.82. The van der Waals surface area contributed by atoms with E-state index in [2.05, 4.69) is 4.99 Å². The van der Waals surface area contributed by atoms with E-state index in [1.165, 1.54) is 18.2 Å². The van der Waals surface area contributed by atoms with Crippen LogP contribution >= 0.6 is 22.9 Å². The smallest absolute Gasteiger partial charge is 0.222 e. The largest absolute Gasteiger partial charge is 0.475 e. The fraction of sp³-hybridized carbons (Fsp3) is 0.105. The average molecular weight is 376 g/mol. The first-order chi connectivity index (χ1) is 12.1. The molecule has 0 aliphatic carbocycles. The summed E-state index contributed by atoms with van der Waals surface area (Å²) in [6.07, 6.45) is 0. The normalized spacial score (nSPS) is 16.6. The molecule has 0 saturated carbocycles. The van der Waals surface area contributed by atoms with Crippen LogP contribution < -0.4 is 0 Å². The maximum atomic E-state index is 13.9. The first-order valence-corrected chi connectivity index (χ1v) is 8.82. The lowest BCUT2D eigenvalue weighted by molar-refractivity contribution is 0.318. The molecule has 25 heavy (non-hydrogen) atoms. The molecule has 2 heterocycles. The quantitative estimate of drug-likeness (QED) is 0.561. The first-order valence-electron chi connectivity index (χ1n) is 7.62. The Hall–Kier alpha value is -2.24. The van der Waals surface area contributed by atoms with Gasteiger partial charge in [0.25, 0.3) is 0 Å². The molecule has 0 spiro atoms. The van der Waals surface area contributed by atoms with E-state index in [1.807, 2.05) is 36.4 Å². The van der Waals surface area contributed by atoms with E-state index in [-0.39, 0.29) is 24.1 Å². The molecule has 2 nitrogen and oxygen atoms in total. The highest BCUT2D eigenvalue weighted by atomic mass is 35.5. The van der Waals surface area contributed by atoms with Gasteiger partial charge in [0, 0.05) is 14.8 Å². The van der Waals surface area contributed by atoms with Gasteiger partial charge in [0.2, 0.25) is 5.90 Å².